The SMILES string of the molecule is C/C(=C/c1ccc(OCCN2CCCC2)cc1)c1ccccc1. The molecule has 0 bridgehead atoms. The molecule has 3 rings (SSSR count). The van der Waals surface area contributed by atoms with Gasteiger partial charge in [0.15, 0.2) is 0 Å². The van der Waals surface area contributed by atoms with Gasteiger partial charge in [-0.2, -0.15) is 0 Å². The highest BCUT2D eigenvalue weighted by molar-refractivity contribution is 5.80. The van der Waals surface area contributed by atoms with Crippen molar-refractivity contribution in [1.29, 1.82) is 0 Å². The van der Waals surface area contributed by atoms with E-state index < -0.39 is 0 Å². The number of ether oxygens (including phenoxy) is 1. The second-order valence-corrected chi connectivity index (χ2v) is 6.16. The van der Waals surface area contributed by atoms with Crippen LogP contribution in [0.25, 0.3) is 11.6 Å². The molecule has 0 saturated carbocycles. The maximum absolute atomic E-state index is 5.85. The number of nitrogens with zero attached hydrogens (tertiary/aromatic N) is 1. The molecule has 2 aromatic carbocycles. The van der Waals surface area contributed by atoms with Gasteiger partial charge in [-0.1, -0.05) is 48.5 Å². The molecule has 0 unspecified atom stereocenters. The molecule has 2 nitrogen and oxygen atoms in total. The molecular weight excluding hydrogens is 282 g/mol. The maximum atomic E-state index is 5.85. The van der Waals surface area contributed by atoms with E-state index in [1.54, 1.807) is 0 Å². The van der Waals surface area contributed by atoms with Crippen LogP contribution in [0.2, 0.25) is 0 Å². The van der Waals surface area contributed by atoms with Crippen LogP contribution in [0.4, 0.5) is 0 Å². The van der Waals surface area contributed by atoms with E-state index >= 15 is 0 Å². The molecule has 0 amide bonds. The van der Waals surface area contributed by atoms with Crippen molar-refractivity contribution in [1.82, 2.24) is 4.90 Å². The Balaban J connectivity index is 1.54. The van der Waals surface area contributed by atoms with E-state index in [0.29, 0.717) is 0 Å². The third-order valence-corrected chi connectivity index (χ3v) is 4.37. The Labute approximate surface area is 139 Å². The topological polar surface area (TPSA) is 12.5 Å². The minimum Gasteiger partial charge on any atom is -0.492 e. The van der Waals surface area contributed by atoms with E-state index in [0.717, 1.165) is 18.9 Å². The van der Waals surface area contributed by atoms with Gasteiger partial charge in [0.25, 0.3) is 0 Å². The average molecular weight is 307 g/mol. The monoisotopic (exact) mass is 307 g/mol. The third-order valence-electron chi connectivity index (χ3n) is 4.37. The summed E-state index contributed by atoms with van der Waals surface area (Å²) in [6.45, 7) is 6.42. The maximum Gasteiger partial charge on any atom is 0.119 e. The van der Waals surface area contributed by atoms with Crippen molar-refractivity contribution < 1.29 is 4.74 Å². The largest absolute Gasteiger partial charge is 0.492 e. The van der Waals surface area contributed by atoms with Crippen LogP contribution in [-0.4, -0.2) is 31.1 Å². The number of benzene rings is 2. The first kappa shape index (κ1) is 15.8. The Morgan fingerprint density at radius 1 is 1.00 bits per heavy atom. The van der Waals surface area contributed by atoms with Crippen molar-refractivity contribution >= 4 is 11.6 Å². The van der Waals surface area contributed by atoms with Crippen molar-refractivity contribution in [3.63, 3.8) is 0 Å². The van der Waals surface area contributed by atoms with E-state index in [2.05, 4.69) is 66.4 Å². The van der Waals surface area contributed by atoms with Gasteiger partial charge in [-0.25, -0.2) is 0 Å². The van der Waals surface area contributed by atoms with Gasteiger partial charge in [0.1, 0.15) is 12.4 Å². The molecule has 1 saturated heterocycles. The summed E-state index contributed by atoms with van der Waals surface area (Å²) in [7, 11) is 0. The molecule has 1 aliphatic heterocycles. The summed E-state index contributed by atoms with van der Waals surface area (Å²) in [5.41, 5.74) is 3.74. The lowest BCUT2D eigenvalue weighted by molar-refractivity contribution is 0.238. The molecular formula is C21H25NO. The zero-order valence-electron chi connectivity index (χ0n) is 13.9. The fraction of sp³-hybridized carbons (Fsp3) is 0.333. The van der Waals surface area contributed by atoms with E-state index in [9.17, 15) is 0 Å². The Morgan fingerprint density at radius 2 is 1.70 bits per heavy atom. The van der Waals surface area contributed by atoms with Crippen LogP contribution in [0.5, 0.6) is 5.75 Å². The van der Waals surface area contributed by atoms with Gasteiger partial charge in [-0.3, -0.25) is 4.90 Å². The van der Waals surface area contributed by atoms with Crippen molar-refractivity contribution in [2.75, 3.05) is 26.2 Å². The van der Waals surface area contributed by atoms with E-state index in [1.165, 1.54) is 42.6 Å². The Kier molecular flexibility index (Phi) is 5.49. The highest BCUT2D eigenvalue weighted by Crippen LogP contribution is 2.19. The van der Waals surface area contributed by atoms with E-state index in [-0.39, 0.29) is 0 Å². The van der Waals surface area contributed by atoms with Crippen LogP contribution < -0.4 is 4.74 Å². The number of likely N-dealkylation sites (tertiary alicyclic amines) is 1. The quantitative estimate of drug-likeness (QED) is 0.716. The van der Waals surface area contributed by atoms with Crippen LogP contribution >= 0.6 is 0 Å². The zero-order valence-corrected chi connectivity index (χ0v) is 13.9. The van der Waals surface area contributed by atoms with E-state index in [1.807, 2.05) is 6.07 Å². The first-order valence-electron chi connectivity index (χ1n) is 8.50. The molecule has 0 aliphatic carbocycles. The predicted octanol–water partition coefficient (Wildman–Crippen LogP) is 4.72. The normalized spacial score (nSPS) is 15.8. The lowest BCUT2D eigenvalue weighted by atomic mass is 10.0. The molecule has 0 spiro atoms. The fourth-order valence-corrected chi connectivity index (χ4v) is 2.99. The summed E-state index contributed by atoms with van der Waals surface area (Å²) in [5.74, 6) is 0.957. The lowest BCUT2D eigenvalue weighted by Gasteiger charge is -2.14. The number of allylic oxidation sites excluding steroid dienone is 1. The minimum absolute atomic E-state index is 0.776. The molecule has 2 aromatic rings. The van der Waals surface area contributed by atoms with E-state index in [4.69, 9.17) is 4.74 Å². The average Bonchev–Trinajstić information content (AvgIpc) is 3.11. The summed E-state index contributed by atoms with van der Waals surface area (Å²) in [5, 5.41) is 0. The first-order chi connectivity index (χ1) is 11.3. The molecule has 0 atom stereocenters. The molecule has 120 valence electrons. The van der Waals surface area contributed by atoms with Gasteiger partial charge in [0, 0.05) is 6.54 Å². The van der Waals surface area contributed by atoms with Gasteiger partial charge >= 0.3 is 0 Å². The summed E-state index contributed by atoms with van der Waals surface area (Å²) in [4.78, 5) is 2.47. The van der Waals surface area contributed by atoms with Gasteiger partial charge in [-0.05, 0) is 61.7 Å². The zero-order chi connectivity index (χ0) is 15.9. The molecule has 2 heteroatoms. The highest BCUT2D eigenvalue weighted by Gasteiger charge is 2.10. The first-order valence-corrected chi connectivity index (χ1v) is 8.50. The molecule has 23 heavy (non-hydrogen) atoms. The van der Waals surface area contributed by atoms with Crippen molar-refractivity contribution in [2.24, 2.45) is 0 Å². The molecule has 0 N–H and O–H groups in total. The van der Waals surface area contributed by atoms with Crippen LogP contribution in [0, 0.1) is 0 Å². The Hall–Kier alpha value is -2.06. The van der Waals surface area contributed by atoms with Crippen molar-refractivity contribution in [3.8, 4) is 5.75 Å². The van der Waals surface area contributed by atoms with Crippen LogP contribution in [0.15, 0.2) is 54.6 Å². The molecule has 1 aliphatic rings. The van der Waals surface area contributed by atoms with Crippen LogP contribution in [0.1, 0.15) is 30.9 Å². The second kappa shape index (κ2) is 7.98. The van der Waals surface area contributed by atoms with Gasteiger partial charge < -0.3 is 4.74 Å². The number of hydrogen-bond donors (Lipinski definition) is 0. The van der Waals surface area contributed by atoms with Crippen molar-refractivity contribution in [2.45, 2.75) is 19.8 Å². The predicted molar refractivity (Wildman–Crippen MR) is 97.6 cm³/mol. The summed E-state index contributed by atoms with van der Waals surface area (Å²) < 4.78 is 5.85. The summed E-state index contributed by atoms with van der Waals surface area (Å²) in [6.07, 6.45) is 4.88. The molecule has 1 heterocycles. The standard InChI is InChI=1S/C21H25NO/c1-18(20-7-3-2-4-8-20)17-19-9-11-21(12-10-19)23-16-15-22-13-5-6-14-22/h2-4,7-12,17H,5-6,13-16H2,1H3/b18-17-. The Morgan fingerprint density at radius 3 is 2.39 bits per heavy atom. The number of rotatable bonds is 6. The smallest absolute Gasteiger partial charge is 0.119 e. The van der Waals surface area contributed by atoms with Crippen molar-refractivity contribution in [3.05, 3.63) is 65.7 Å². The molecule has 0 radical (unpaired) electrons. The second-order valence-electron chi connectivity index (χ2n) is 6.16. The van der Waals surface area contributed by atoms with Gasteiger partial charge in [0.2, 0.25) is 0 Å². The number of hydrogen-bond acceptors (Lipinski definition) is 2. The van der Waals surface area contributed by atoms with Gasteiger partial charge in [-0.15, -0.1) is 0 Å². The fourth-order valence-electron chi connectivity index (χ4n) is 2.99. The third kappa shape index (κ3) is 4.70. The molecule has 1 fully saturated rings. The molecule has 0 aromatic heterocycles. The summed E-state index contributed by atoms with van der Waals surface area (Å²) in [6, 6.07) is 18.8. The minimum atomic E-state index is 0.776. The highest BCUT2D eigenvalue weighted by atomic mass is 16.5. The van der Waals surface area contributed by atoms with Crippen LogP contribution in [-0.2, 0) is 0 Å². The Bertz CT molecular complexity index is 625. The summed E-state index contributed by atoms with van der Waals surface area (Å²) >= 11 is 0. The lowest BCUT2D eigenvalue weighted by Crippen LogP contribution is -2.25. The van der Waals surface area contributed by atoms with Crippen LogP contribution in [0.3, 0.4) is 0 Å². The van der Waals surface area contributed by atoms with Gasteiger partial charge in [0.05, 0.1) is 0 Å².